The number of anilines is 1. The van der Waals surface area contributed by atoms with Gasteiger partial charge in [-0.05, 0) is 51.1 Å². The fraction of sp³-hybridized carbons (Fsp3) is 0.368. The van der Waals surface area contributed by atoms with Crippen molar-refractivity contribution in [2.75, 3.05) is 18.2 Å². The second-order valence-electron chi connectivity index (χ2n) is 5.93. The SMILES string of the molecule is CSc1nc(C)c(CCC(=O)OCC(=O)Nc2ccc(C)cc2)c(C)n1. The summed E-state index contributed by atoms with van der Waals surface area (Å²) in [5, 5.41) is 3.41. The van der Waals surface area contributed by atoms with E-state index in [1.807, 2.05) is 39.2 Å². The van der Waals surface area contributed by atoms with E-state index < -0.39 is 5.97 Å². The van der Waals surface area contributed by atoms with Gasteiger partial charge in [-0.1, -0.05) is 29.5 Å². The molecule has 138 valence electrons. The van der Waals surface area contributed by atoms with E-state index in [4.69, 9.17) is 4.74 Å². The van der Waals surface area contributed by atoms with Gasteiger partial charge in [0, 0.05) is 23.5 Å². The van der Waals surface area contributed by atoms with Gasteiger partial charge in [0.2, 0.25) is 0 Å². The van der Waals surface area contributed by atoms with Crippen LogP contribution in [0, 0.1) is 20.8 Å². The van der Waals surface area contributed by atoms with Crippen LogP contribution < -0.4 is 5.32 Å². The summed E-state index contributed by atoms with van der Waals surface area (Å²) in [5.74, 6) is -0.779. The predicted octanol–water partition coefficient (Wildman–Crippen LogP) is 3.24. The minimum atomic E-state index is -0.420. The highest BCUT2D eigenvalue weighted by atomic mass is 32.2. The molecule has 6 nitrogen and oxygen atoms in total. The van der Waals surface area contributed by atoms with Gasteiger partial charge in [0.05, 0.1) is 0 Å². The summed E-state index contributed by atoms with van der Waals surface area (Å²) < 4.78 is 5.05. The Hall–Kier alpha value is -2.41. The standard InChI is InChI=1S/C19H23N3O3S/c1-12-5-7-15(8-6-12)22-17(23)11-25-18(24)10-9-16-13(2)20-19(26-4)21-14(16)3/h5-8H,9-11H2,1-4H3,(H,22,23). The van der Waals surface area contributed by atoms with Crippen molar-refractivity contribution in [3.8, 4) is 0 Å². The summed E-state index contributed by atoms with van der Waals surface area (Å²) in [6.07, 6.45) is 2.60. The molecule has 2 rings (SSSR count). The van der Waals surface area contributed by atoms with Crippen LogP contribution in [0.5, 0.6) is 0 Å². The Labute approximate surface area is 157 Å². The van der Waals surface area contributed by atoms with Crippen molar-refractivity contribution in [1.29, 1.82) is 0 Å². The van der Waals surface area contributed by atoms with Crippen molar-refractivity contribution in [2.45, 2.75) is 38.8 Å². The highest BCUT2D eigenvalue weighted by Crippen LogP contribution is 2.17. The Morgan fingerprint density at radius 3 is 2.27 bits per heavy atom. The van der Waals surface area contributed by atoms with E-state index >= 15 is 0 Å². The highest BCUT2D eigenvalue weighted by Gasteiger charge is 2.12. The second-order valence-corrected chi connectivity index (χ2v) is 6.71. The molecule has 1 aromatic carbocycles. The average Bonchev–Trinajstić information content (AvgIpc) is 2.61. The number of carbonyl (C=O) groups excluding carboxylic acids is 2. The molecule has 0 spiro atoms. The Bertz CT molecular complexity index is 768. The van der Waals surface area contributed by atoms with Gasteiger partial charge < -0.3 is 10.1 Å². The van der Waals surface area contributed by atoms with Crippen LogP contribution in [0.1, 0.15) is 28.9 Å². The third-order valence-electron chi connectivity index (χ3n) is 3.86. The minimum Gasteiger partial charge on any atom is -0.456 e. The van der Waals surface area contributed by atoms with E-state index in [1.165, 1.54) is 11.8 Å². The molecule has 0 saturated carbocycles. The molecule has 2 aromatic rings. The molecule has 0 unspecified atom stereocenters. The minimum absolute atomic E-state index is 0.182. The molecule has 0 fully saturated rings. The number of thioether (sulfide) groups is 1. The molecule has 0 saturated heterocycles. The van der Waals surface area contributed by atoms with Gasteiger partial charge in [-0.3, -0.25) is 9.59 Å². The van der Waals surface area contributed by atoms with Gasteiger partial charge >= 0.3 is 5.97 Å². The van der Waals surface area contributed by atoms with Gasteiger partial charge in [0.15, 0.2) is 11.8 Å². The third kappa shape index (κ3) is 5.84. The van der Waals surface area contributed by atoms with Crippen LogP contribution in [-0.2, 0) is 20.7 Å². The molecule has 0 atom stereocenters. The zero-order chi connectivity index (χ0) is 19.1. The van der Waals surface area contributed by atoms with E-state index in [-0.39, 0.29) is 18.9 Å². The zero-order valence-electron chi connectivity index (χ0n) is 15.5. The van der Waals surface area contributed by atoms with Crippen molar-refractivity contribution in [2.24, 2.45) is 0 Å². The molecular weight excluding hydrogens is 350 g/mol. The van der Waals surface area contributed by atoms with E-state index in [2.05, 4.69) is 15.3 Å². The fourth-order valence-electron chi connectivity index (χ4n) is 2.44. The number of rotatable bonds is 7. The largest absolute Gasteiger partial charge is 0.456 e. The van der Waals surface area contributed by atoms with E-state index in [9.17, 15) is 9.59 Å². The van der Waals surface area contributed by atoms with Crippen molar-refractivity contribution in [3.05, 3.63) is 46.8 Å². The number of esters is 1. The number of benzene rings is 1. The lowest BCUT2D eigenvalue weighted by molar-refractivity contribution is -0.147. The first-order chi connectivity index (χ1) is 12.4. The highest BCUT2D eigenvalue weighted by molar-refractivity contribution is 7.98. The van der Waals surface area contributed by atoms with Crippen LogP contribution in [0.2, 0.25) is 0 Å². The lowest BCUT2D eigenvalue weighted by atomic mass is 10.1. The fourth-order valence-corrected chi connectivity index (χ4v) is 2.90. The van der Waals surface area contributed by atoms with E-state index in [0.29, 0.717) is 12.1 Å². The smallest absolute Gasteiger partial charge is 0.306 e. The van der Waals surface area contributed by atoms with E-state index in [0.717, 1.165) is 27.7 Å². The lowest BCUT2D eigenvalue weighted by Gasteiger charge is -2.10. The van der Waals surface area contributed by atoms with Crippen molar-refractivity contribution < 1.29 is 14.3 Å². The van der Waals surface area contributed by atoms with Gasteiger partial charge in [-0.25, -0.2) is 9.97 Å². The van der Waals surface area contributed by atoms with Crippen LogP contribution in [0.25, 0.3) is 0 Å². The van der Waals surface area contributed by atoms with Crippen LogP contribution >= 0.6 is 11.8 Å². The van der Waals surface area contributed by atoms with Gasteiger partial charge in [-0.15, -0.1) is 0 Å². The number of ether oxygens (including phenoxy) is 1. The molecule has 1 N–H and O–H groups in total. The number of nitrogens with one attached hydrogen (secondary N) is 1. The molecule has 1 aromatic heterocycles. The van der Waals surface area contributed by atoms with Crippen LogP contribution in [0.3, 0.4) is 0 Å². The summed E-state index contributed by atoms with van der Waals surface area (Å²) in [6, 6.07) is 7.41. The number of carbonyl (C=O) groups is 2. The van der Waals surface area contributed by atoms with Gasteiger partial charge in [0.1, 0.15) is 0 Å². The third-order valence-corrected chi connectivity index (χ3v) is 4.41. The Balaban J connectivity index is 1.80. The average molecular weight is 373 g/mol. The monoisotopic (exact) mass is 373 g/mol. The first kappa shape index (κ1) is 19.9. The zero-order valence-corrected chi connectivity index (χ0v) is 16.3. The molecule has 26 heavy (non-hydrogen) atoms. The van der Waals surface area contributed by atoms with Gasteiger partial charge in [0.25, 0.3) is 5.91 Å². The predicted molar refractivity (Wildman–Crippen MR) is 102 cm³/mol. The summed E-state index contributed by atoms with van der Waals surface area (Å²) in [7, 11) is 0. The summed E-state index contributed by atoms with van der Waals surface area (Å²) in [4.78, 5) is 32.5. The normalized spacial score (nSPS) is 10.5. The van der Waals surface area contributed by atoms with Crippen LogP contribution in [0.4, 0.5) is 5.69 Å². The molecule has 1 heterocycles. The summed E-state index contributed by atoms with van der Waals surface area (Å²) >= 11 is 1.48. The maximum Gasteiger partial charge on any atom is 0.306 e. The van der Waals surface area contributed by atoms with Crippen LogP contribution in [-0.4, -0.2) is 34.7 Å². The summed E-state index contributed by atoms with van der Waals surface area (Å²) in [5.41, 5.74) is 4.46. The first-order valence-electron chi connectivity index (χ1n) is 8.29. The van der Waals surface area contributed by atoms with Crippen molar-refractivity contribution in [3.63, 3.8) is 0 Å². The molecule has 0 aliphatic rings. The maximum absolute atomic E-state index is 11.9. The topological polar surface area (TPSA) is 81.2 Å². The van der Waals surface area contributed by atoms with Crippen molar-refractivity contribution >= 4 is 29.3 Å². The number of nitrogens with zero attached hydrogens (tertiary/aromatic N) is 2. The Kier molecular flexibility index (Phi) is 7.15. The maximum atomic E-state index is 11.9. The lowest BCUT2D eigenvalue weighted by Crippen LogP contribution is -2.21. The number of hydrogen-bond acceptors (Lipinski definition) is 6. The molecule has 0 aliphatic heterocycles. The summed E-state index contributed by atoms with van der Waals surface area (Å²) in [6.45, 7) is 5.48. The molecular formula is C19H23N3O3S. The van der Waals surface area contributed by atoms with Crippen molar-refractivity contribution in [1.82, 2.24) is 9.97 Å². The Morgan fingerprint density at radius 1 is 1.08 bits per heavy atom. The molecule has 0 aliphatic carbocycles. The Morgan fingerprint density at radius 2 is 1.69 bits per heavy atom. The first-order valence-corrected chi connectivity index (χ1v) is 9.51. The molecule has 1 amide bonds. The number of aromatic nitrogens is 2. The van der Waals surface area contributed by atoms with E-state index in [1.54, 1.807) is 12.1 Å². The van der Waals surface area contributed by atoms with Gasteiger partial charge in [-0.2, -0.15) is 0 Å². The number of hydrogen-bond donors (Lipinski definition) is 1. The molecule has 0 bridgehead atoms. The van der Waals surface area contributed by atoms with Crippen LogP contribution in [0.15, 0.2) is 29.4 Å². The number of aryl methyl sites for hydroxylation is 3. The molecule has 0 radical (unpaired) electrons. The molecule has 7 heteroatoms. The second kappa shape index (κ2) is 9.33. The number of amides is 1. The quantitative estimate of drug-likeness (QED) is 0.456.